The Labute approximate surface area is 183 Å². The van der Waals surface area contributed by atoms with Gasteiger partial charge in [-0.25, -0.2) is 0 Å². The SMILES string of the molecule is CCC1=C(C2CCCC3C4C=CC=CC4[CH]([Zr+2]=[C](C)C)C23)CC=C1.[Cl-].[Cl-]. The van der Waals surface area contributed by atoms with E-state index in [-0.39, 0.29) is 24.8 Å². The molecule has 0 bridgehead atoms. The van der Waals surface area contributed by atoms with Crippen molar-refractivity contribution in [2.75, 3.05) is 0 Å². The molecular formula is C23H31Cl2Zr. The van der Waals surface area contributed by atoms with Gasteiger partial charge in [-0.05, 0) is 0 Å². The molecule has 2 fully saturated rings. The van der Waals surface area contributed by atoms with Gasteiger partial charge < -0.3 is 24.8 Å². The Bertz CT molecular complexity index is 651. The Morgan fingerprint density at radius 2 is 1.81 bits per heavy atom. The van der Waals surface area contributed by atoms with Crippen LogP contribution in [0.1, 0.15) is 52.9 Å². The Hall–Kier alpha value is 0.293. The fourth-order valence-electron chi connectivity index (χ4n) is 6.14. The van der Waals surface area contributed by atoms with Crippen LogP contribution in [0.15, 0.2) is 47.6 Å². The molecule has 4 rings (SSSR count). The van der Waals surface area contributed by atoms with Crippen LogP contribution < -0.4 is 24.8 Å². The van der Waals surface area contributed by atoms with E-state index in [4.69, 9.17) is 0 Å². The molecule has 0 aromatic heterocycles. The molecule has 0 aromatic rings. The Morgan fingerprint density at radius 3 is 2.50 bits per heavy atom. The maximum atomic E-state index is 2.59. The molecule has 4 aliphatic rings. The molecule has 0 radical (unpaired) electrons. The van der Waals surface area contributed by atoms with Gasteiger partial charge in [0.15, 0.2) is 0 Å². The molecule has 0 heterocycles. The van der Waals surface area contributed by atoms with Crippen LogP contribution in [-0.4, -0.2) is 3.21 Å². The van der Waals surface area contributed by atoms with Gasteiger partial charge in [0.25, 0.3) is 0 Å². The molecule has 0 nitrogen and oxygen atoms in total. The maximum absolute atomic E-state index is 2.59. The van der Waals surface area contributed by atoms with Crippen LogP contribution in [0.2, 0.25) is 3.63 Å². The van der Waals surface area contributed by atoms with Crippen molar-refractivity contribution in [2.24, 2.45) is 29.6 Å². The Balaban J connectivity index is 0.00000121. The molecule has 0 N–H and O–H groups in total. The summed E-state index contributed by atoms with van der Waals surface area (Å²) in [7, 11) is 0. The fraction of sp³-hybridized carbons (Fsp3) is 0.609. The molecule has 4 aliphatic carbocycles. The summed E-state index contributed by atoms with van der Waals surface area (Å²) in [5, 5.41) is 0. The van der Waals surface area contributed by atoms with Gasteiger partial charge in [0, 0.05) is 0 Å². The van der Waals surface area contributed by atoms with Crippen molar-refractivity contribution in [1.29, 1.82) is 0 Å². The van der Waals surface area contributed by atoms with Gasteiger partial charge in [-0.3, -0.25) is 0 Å². The maximum Gasteiger partial charge on any atom is -1.00 e. The zero-order chi connectivity index (χ0) is 16.7. The van der Waals surface area contributed by atoms with Crippen molar-refractivity contribution in [1.82, 2.24) is 0 Å². The predicted octanol–water partition coefficient (Wildman–Crippen LogP) is 0.149. The van der Waals surface area contributed by atoms with Crippen molar-refractivity contribution < 1.29 is 47.6 Å². The second-order valence-corrected chi connectivity index (χ2v) is 13.2. The zero-order valence-corrected chi connectivity index (χ0v) is 20.2. The minimum atomic E-state index is -0.424. The quantitative estimate of drug-likeness (QED) is 0.552. The van der Waals surface area contributed by atoms with Crippen LogP contribution in [0, 0.1) is 29.6 Å². The average Bonchev–Trinajstić information content (AvgIpc) is 3.18. The Kier molecular flexibility index (Phi) is 8.40. The monoisotopic (exact) mass is 467 g/mol. The van der Waals surface area contributed by atoms with Gasteiger partial charge >= 0.3 is 160 Å². The first-order valence-electron chi connectivity index (χ1n) is 10.0. The molecule has 0 spiro atoms. The third-order valence-corrected chi connectivity index (χ3v) is 11.0. The Morgan fingerprint density at radius 1 is 1.08 bits per heavy atom. The van der Waals surface area contributed by atoms with E-state index in [9.17, 15) is 0 Å². The van der Waals surface area contributed by atoms with Crippen molar-refractivity contribution in [3.8, 4) is 0 Å². The summed E-state index contributed by atoms with van der Waals surface area (Å²) >= 11 is -0.424. The van der Waals surface area contributed by atoms with E-state index >= 15 is 0 Å². The molecule has 6 atom stereocenters. The van der Waals surface area contributed by atoms with Crippen LogP contribution in [0.3, 0.4) is 0 Å². The van der Waals surface area contributed by atoms with E-state index in [0.29, 0.717) is 0 Å². The molecule has 0 amide bonds. The van der Waals surface area contributed by atoms with Crippen molar-refractivity contribution in [3.63, 3.8) is 0 Å². The second kappa shape index (κ2) is 9.67. The molecule has 3 heteroatoms. The van der Waals surface area contributed by atoms with Crippen LogP contribution in [0.25, 0.3) is 0 Å². The smallest absolute Gasteiger partial charge is 1.00 e. The van der Waals surface area contributed by atoms with Gasteiger partial charge in [0.2, 0.25) is 0 Å². The minimum absolute atomic E-state index is 0. The van der Waals surface area contributed by atoms with Gasteiger partial charge in [-0.1, -0.05) is 0 Å². The van der Waals surface area contributed by atoms with Crippen LogP contribution in [0.4, 0.5) is 0 Å². The molecule has 141 valence electrons. The molecule has 26 heavy (non-hydrogen) atoms. The first-order valence-corrected chi connectivity index (χ1v) is 12.7. The minimum Gasteiger partial charge on any atom is -1.00 e. The van der Waals surface area contributed by atoms with E-state index in [1.807, 2.05) is 5.57 Å². The molecular weight excluding hydrogens is 438 g/mol. The predicted molar refractivity (Wildman–Crippen MR) is 101 cm³/mol. The van der Waals surface area contributed by atoms with Crippen molar-refractivity contribution in [3.05, 3.63) is 47.6 Å². The first kappa shape index (κ1) is 22.6. The summed E-state index contributed by atoms with van der Waals surface area (Å²) in [6, 6.07) is 0. The third kappa shape index (κ3) is 4.02. The summed E-state index contributed by atoms with van der Waals surface area (Å²) in [5.41, 5.74) is 3.53. The normalized spacial score (nSPS) is 36.7. The molecule has 0 aliphatic heterocycles. The topological polar surface area (TPSA) is 0 Å². The van der Waals surface area contributed by atoms with E-state index < -0.39 is 22.8 Å². The average molecular weight is 470 g/mol. The van der Waals surface area contributed by atoms with E-state index in [1.54, 1.807) is 8.78 Å². The summed E-state index contributed by atoms with van der Waals surface area (Å²) < 4.78 is 2.83. The number of halogens is 2. The zero-order valence-electron chi connectivity index (χ0n) is 16.2. The summed E-state index contributed by atoms with van der Waals surface area (Å²) in [5.74, 6) is 4.57. The van der Waals surface area contributed by atoms with E-state index in [2.05, 4.69) is 57.2 Å². The molecule has 0 aromatic carbocycles. The summed E-state index contributed by atoms with van der Waals surface area (Å²) in [4.78, 5) is 0. The number of rotatable bonds is 3. The van der Waals surface area contributed by atoms with Gasteiger partial charge in [0.1, 0.15) is 0 Å². The number of fused-ring (bicyclic) bond motifs is 3. The fourth-order valence-corrected chi connectivity index (χ4v) is 10.7. The van der Waals surface area contributed by atoms with Gasteiger partial charge in [-0.15, -0.1) is 0 Å². The van der Waals surface area contributed by atoms with Crippen LogP contribution >= 0.6 is 0 Å². The van der Waals surface area contributed by atoms with Crippen molar-refractivity contribution >= 4 is 3.21 Å². The molecule has 2 saturated carbocycles. The third-order valence-electron chi connectivity index (χ3n) is 6.91. The number of allylic oxidation sites excluding steroid dienone is 8. The number of hydrogen-bond donors (Lipinski definition) is 0. The summed E-state index contributed by atoms with van der Waals surface area (Å²) in [6.07, 6.45) is 21.6. The standard InChI is InChI=1S/C20H25.C3H6.2ClH.Zr/c1-2-14-8-5-10-16(14)18-11-6-12-19-17-9-4-3-7-15(17)13-20(18)19;1-3-2;;;/h3-5,7-9,13,15,17-20H,2,6,10-12H2,1H3;1-2H3;2*1H;/q;;;;+2/p-2. The van der Waals surface area contributed by atoms with E-state index in [0.717, 1.165) is 33.2 Å². The number of hydrogen-bond acceptors (Lipinski definition) is 0. The second-order valence-electron chi connectivity index (χ2n) is 8.38. The first-order chi connectivity index (χ1) is 11.7. The van der Waals surface area contributed by atoms with E-state index in [1.165, 1.54) is 32.1 Å². The van der Waals surface area contributed by atoms with Crippen molar-refractivity contribution in [2.45, 2.75) is 56.5 Å². The molecule has 0 saturated heterocycles. The molecule has 6 unspecified atom stereocenters. The van der Waals surface area contributed by atoms with Crippen LogP contribution in [0.5, 0.6) is 0 Å². The van der Waals surface area contributed by atoms with Gasteiger partial charge in [-0.2, -0.15) is 0 Å². The summed E-state index contributed by atoms with van der Waals surface area (Å²) in [6.45, 7) is 7.19. The van der Waals surface area contributed by atoms with Crippen LogP contribution in [-0.2, 0) is 22.8 Å². The largest absolute Gasteiger partial charge is 1.00 e. The van der Waals surface area contributed by atoms with Gasteiger partial charge in [0.05, 0.1) is 0 Å².